The van der Waals surface area contributed by atoms with E-state index in [4.69, 9.17) is 27.9 Å². The number of rotatable bonds is 2. The van der Waals surface area contributed by atoms with E-state index in [1.165, 1.54) is 24.4 Å². The van der Waals surface area contributed by atoms with Gasteiger partial charge in [0.25, 0.3) is 0 Å². The van der Waals surface area contributed by atoms with Crippen LogP contribution in [0.3, 0.4) is 0 Å². The van der Waals surface area contributed by atoms with Gasteiger partial charge in [-0.2, -0.15) is 0 Å². The Morgan fingerprint density at radius 3 is 2.68 bits per heavy atom. The Labute approximate surface area is 153 Å². The van der Waals surface area contributed by atoms with Crippen LogP contribution in [0.5, 0.6) is 11.5 Å². The molecule has 2 aromatic carbocycles. The summed E-state index contributed by atoms with van der Waals surface area (Å²) in [6.07, 6.45) is 1.48. The molecule has 1 N–H and O–H groups in total. The smallest absolute Gasteiger partial charge is 0.198 e. The molecular weight excluding hydrogens is 361 g/mol. The molecule has 0 bridgehead atoms. The first-order valence-corrected chi connectivity index (χ1v) is 8.23. The lowest BCUT2D eigenvalue weighted by Crippen LogP contribution is -2.10. The van der Waals surface area contributed by atoms with Gasteiger partial charge >= 0.3 is 0 Å². The highest BCUT2D eigenvalue weighted by Gasteiger charge is 2.22. The Bertz CT molecular complexity index is 1020. The molecule has 1 aliphatic heterocycles. The number of ketones is 1. The lowest BCUT2D eigenvalue weighted by atomic mass is 9.98. The number of fused-ring (bicyclic) bond motifs is 3. The maximum absolute atomic E-state index is 12.7. The van der Waals surface area contributed by atoms with Crippen molar-refractivity contribution in [2.24, 2.45) is 0 Å². The van der Waals surface area contributed by atoms with Gasteiger partial charge in [-0.25, -0.2) is 0 Å². The van der Waals surface area contributed by atoms with Crippen LogP contribution >= 0.6 is 23.2 Å². The summed E-state index contributed by atoms with van der Waals surface area (Å²) in [5.41, 5.74) is 2.79. The van der Waals surface area contributed by atoms with Crippen LogP contribution in [-0.2, 0) is 6.61 Å². The second-order valence-corrected chi connectivity index (χ2v) is 6.52. The van der Waals surface area contributed by atoms with Gasteiger partial charge in [0.2, 0.25) is 0 Å². The van der Waals surface area contributed by atoms with Gasteiger partial charge in [-0.05, 0) is 42.5 Å². The first-order valence-electron chi connectivity index (χ1n) is 7.48. The number of phenolic OH excluding ortho intramolecular Hbond substituents is 1. The Morgan fingerprint density at radius 1 is 1.08 bits per heavy atom. The molecule has 4 rings (SSSR count). The number of nitrogens with zero attached hydrogens (tertiary/aromatic N) is 1. The van der Waals surface area contributed by atoms with Crippen molar-refractivity contribution in [3.63, 3.8) is 0 Å². The topological polar surface area (TPSA) is 59.4 Å². The molecule has 0 unspecified atom stereocenters. The van der Waals surface area contributed by atoms with Crippen LogP contribution in [0.1, 0.15) is 21.5 Å². The molecule has 0 amide bonds. The van der Waals surface area contributed by atoms with Crippen molar-refractivity contribution in [3.05, 3.63) is 75.4 Å². The van der Waals surface area contributed by atoms with Crippen molar-refractivity contribution < 1.29 is 14.6 Å². The van der Waals surface area contributed by atoms with Crippen LogP contribution < -0.4 is 4.74 Å². The summed E-state index contributed by atoms with van der Waals surface area (Å²) in [6.45, 7) is 0.305. The number of phenols is 1. The first-order chi connectivity index (χ1) is 12.0. The van der Waals surface area contributed by atoms with Gasteiger partial charge in [-0.15, -0.1) is 0 Å². The quantitative estimate of drug-likeness (QED) is 0.651. The number of ether oxygens (including phenoxy) is 1. The highest BCUT2D eigenvalue weighted by atomic mass is 35.5. The number of aromatic hydroxyl groups is 1. The number of aromatic nitrogens is 1. The predicted octanol–water partition coefficient (Wildman–Crippen LogP) is 4.88. The van der Waals surface area contributed by atoms with Crippen molar-refractivity contribution in [2.75, 3.05) is 0 Å². The molecule has 1 aliphatic rings. The lowest BCUT2D eigenvalue weighted by Gasteiger charge is -2.20. The zero-order valence-corrected chi connectivity index (χ0v) is 14.3. The SMILES string of the molecule is O=C(c1cnc2c(c1)COc1ccc(Cl)cc1-2)c1cc(Cl)ccc1O. The number of carbonyl (C=O) groups excluding carboxylic acids is 1. The normalized spacial score (nSPS) is 12.1. The molecule has 1 aromatic heterocycles. The van der Waals surface area contributed by atoms with Crippen LogP contribution in [0, 0.1) is 0 Å². The fourth-order valence-corrected chi connectivity index (χ4v) is 3.15. The van der Waals surface area contributed by atoms with E-state index in [1.807, 2.05) is 0 Å². The summed E-state index contributed by atoms with van der Waals surface area (Å²) >= 11 is 12.0. The molecule has 0 saturated carbocycles. The van der Waals surface area contributed by atoms with Crippen LogP contribution in [0.2, 0.25) is 10.0 Å². The number of carbonyl (C=O) groups is 1. The molecular formula is C19H11Cl2NO3. The Balaban J connectivity index is 1.78. The third-order valence-electron chi connectivity index (χ3n) is 4.01. The fourth-order valence-electron chi connectivity index (χ4n) is 2.80. The molecule has 25 heavy (non-hydrogen) atoms. The summed E-state index contributed by atoms with van der Waals surface area (Å²) < 4.78 is 5.71. The first kappa shape index (κ1) is 15.9. The van der Waals surface area contributed by atoms with E-state index in [-0.39, 0.29) is 17.1 Å². The minimum absolute atomic E-state index is 0.125. The molecule has 6 heteroatoms. The summed E-state index contributed by atoms with van der Waals surface area (Å²) in [6, 6.07) is 11.4. The van der Waals surface area contributed by atoms with Crippen LogP contribution in [0.15, 0.2) is 48.7 Å². The van der Waals surface area contributed by atoms with Crippen molar-refractivity contribution in [1.82, 2.24) is 4.98 Å². The third kappa shape index (κ3) is 2.84. The van der Waals surface area contributed by atoms with Crippen molar-refractivity contribution in [2.45, 2.75) is 6.61 Å². The van der Waals surface area contributed by atoms with E-state index in [0.29, 0.717) is 28.0 Å². The van der Waals surface area contributed by atoms with Crippen molar-refractivity contribution >= 4 is 29.0 Å². The van der Waals surface area contributed by atoms with Gasteiger partial charge in [0.1, 0.15) is 18.1 Å². The van der Waals surface area contributed by atoms with E-state index in [1.54, 1.807) is 24.3 Å². The Kier molecular flexibility index (Phi) is 3.86. The second kappa shape index (κ2) is 6.06. The van der Waals surface area contributed by atoms with E-state index in [2.05, 4.69) is 4.98 Å². The predicted molar refractivity (Wildman–Crippen MR) is 95.6 cm³/mol. The summed E-state index contributed by atoms with van der Waals surface area (Å²) in [5, 5.41) is 10.9. The molecule has 0 radical (unpaired) electrons. The van der Waals surface area contributed by atoms with E-state index >= 15 is 0 Å². The molecule has 4 nitrogen and oxygen atoms in total. The van der Waals surface area contributed by atoms with E-state index < -0.39 is 0 Å². The number of hydrogen-bond acceptors (Lipinski definition) is 4. The third-order valence-corrected chi connectivity index (χ3v) is 4.48. The molecule has 3 aromatic rings. The van der Waals surface area contributed by atoms with Crippen molar-refractivity contribution in [3.8, 4) is 22.8 Å². The standard InChI is InChI=1S/C19H11Cl2NO3/c20-12-1-3-16(23)14(6-12)19(24)10-5-11-9-25-17-4-2-13(21)7-15(17)18(11)22-8-10/h1-8,23H,9H2. The second-order valence-electron chi connectivity index (χ2n) is 5.65. The largest absolute Gasteiger partial charge is 0.507 e. The van der Waals surface area contributed by atoms with E-state index in [9.17, 15) is 9.90 Å². The number of hydrogen-bond donors (Lipinski definition) is 1. The molecule has 2 heterocycles. The maximum Gasteiger partial charge on any atom is 0.198 e. The van der Waals surface area contributed by atoms with Gasteiger partial charge in [-0.3, -0.25) is 9.78 Å². The molecule has 124 valence electrons. The zero-order valence-electron chi connectivity index (χ0n) is 12.8. The lowest BCUT2D eigenvalue weighted by molar-refractivity contribution is 0.103. The molecule has 0 aliphatic carbocycles. The van der Waals surface area contributed by atoms with Crippen LogP contribution in [-0.4, -0.2) is 15.9 Å². The minimum Gasteiger partial charge on any atom is -0.507 e. The van der Waals surface area contributed by atoms with Gasteiger partial charge in [-0.1, -0.05) is 23.2 Å². The van der Waals surface area contributed by atoms with Crippen LogP contribution in [0.25, 0.3) is 11.3 Å². The van der Waals surface area contributed by atoms with Crippen molar-refractivity contribution in [1.29, 1.82) is 0 Å². The summed E-state index contributed by atoms with van der Waals surface area (Å²) in [4.78, 5) is 17.1. The molecule has 0 spiro atoms. The Hall–Kier alpha value is -2.56. The van der Waals surface area contributed by atoms with Crippen LogP contribution in [0.4, 0.5) is 0 Å². The molecule has 0 saturated heterocycles. The summed E-state index contributed by atoms with van der Waals surface area (Å²) in [7, 11) is 0. The average molecular weight is 372 g/mol. The maximum atomic E-state index is 12.7. The average Bonchev–Trinajstić information content (AvgIpc) is 2.62. The van der Waals surface area contributed by atoms with Gasteiger partial charge in [0.15, 0.2) is 5.78 Å². The van der Waals surface area contributed by atoms with Gasteiger partial charge in [0.05, 0.1) is 11.3 Å². The molecule has 0 fully saturated rings. The fraction of sp³-hybridized carbons (Fsp3) is 0.0526. The van der Waals surface area contributed by atoms with E-state index in [0.717, 1.165) is 16.8 Å². The highest BCUT2D eigenvalue weighted by Crippen LogP contribution is 2.38. The van der Waals surface area contributed by atoms with Gasteiger partial charge < -0.3 is 9.84 Å². The monoisotopic (exact) mass is 371 g/mol. The summed E-state index contributed by atoms with van der Waals surface area (Å²) in [5.74, 6) is 0.226. The number of benzene rings is 2. The Morgan fingerprint density at radius 2 is 1.84 bits per heavy atom. The minimum atomic E-state index is -0.354. The highest BCUT2D eigenvalue weighted by molar-refractivity contribution is 6.31. The number of halogens is 2. The zero-order chi connectivity index (χ0) is 17.6. The number of pyridine rings is 1. The molecule has 0 atom stereocenters. The van der Waals surface area contributed by atoms with Gasteiger partial charge in [0, 0.05) is 32.9 Å².